The van der Waals surface area contributed by atoms with E-state index < -0.39 is 0 Å². The zero-order chi connectivity index (χ0) is 14.5. The molecule has 20 heavy (non-hydrogen) atoms. The van der Waals surface area contributed by atoms with Gasteiger partial charge in [0, 0.05) is 19.6 Å². The van der Waals surface area contributed by atoms with E-state index in [0.29, 0.717) is 0 Å². The van der Waals surface area contributed by atoms with Crippen molar-refractivity contribution in [1.29, 1.82) is 0 Å². The van der Waals surface area contributed by atoms with Crippen molar-refractivity contribution >= 4 is 17.3 Å². The lowest BCUT2D eigenvalue weighted by Gasteiger charge is -2.37. The minimum Gasteiger partial charge on any atom is -0.370 e. The van der Waals surface area contributed by atoms with Crippen LogP contribution in [0.25, 0.3) is 0 Å². The average molecular weight is 295 g/mol. The molecule has 112 valence electrons. The molecule has 2 atom stereocenters. The lowest BCUT2D eigenvalue weighted by Crippen LogP contribution is -2.38. The first-order chi connectivity index (χ1) is 9.60. The van der Waals surface area contributed by atoms with Crippen LogP contribution in [-0.4, -0.2) is 19.6 Å². The fourth-order valence-corrected chi connectivity index (χ4v) is 3.51. The smallest absolute Gasteiger partial charge is 0.0642 e. The number of benzene rings is 1. The molecule has 1 saturated heterocycles. The molecule has 0 bridgehead atoms. The van der Waals surface area contributed by atoms with Crippen molar-refractivity contribution in [2.75, 3.05) is 24.5 Å². The molecule has 0 radical (unpaired) electrons. The first-order valence-electron chi connectivity index (χ1n) is 7.84. The maximum atomic E-state index is 6.50. The van der Waals surface area contributed by atoms with Crippen LogP contribution < -0.4 is 10.2 Å². The molecule has 1 heterocycles. The summed E-state index contributed by atoms with van der Waals surface area (Å²) in [4.78, 5) is 2.45. The van der Waals surface area contributed by atoms with E-state index in [0.717, 1.165) is 49.5 Å². The minimum absolute atomic E-state index is 0.751. The quantitative estimate of drug-likeness (QED) is 0.814. The first kappa shape index (κ1) is 15.7. The van der Waals surface area contributed by atoms with Crippen LogP contribution in [0.3, 0.4) is 0 Å². The van der Waals surface area contributed by atoms with Gasteiger partial charge >= 0.3 is 0 Å². The summed E-state index contributed by atoms with van der Waals surface area (Å²) in [5.41, 5.74) is 2.47. The summed E-state index contributed by atoms with van der Waals surface area (Å²) in [6.07, 6.45) is 2.49. The summed E-state index contributed by atoms with van der Waals surface area (Å²) in [5.74, 6) is 1.50. The van der Waals surface area contributed by atoms with Gasteiger partial charge in [0.15, 0.2) is 0 Å². The SMILES string of the molecule is CCCNCc1ccc(N2CC(C)CC(C)C2)c(Cl)c1. The summed E-state index contributed by atoms with van der Waals surface area (Å²) in [6, 6.07) is 6.51. The highest BCUT2D eigenvalue weighted by Crippen LogP contribution is 2.32. The van der Waals surface area contributed by atoms with Gasteiger partial charge in [-0.25, -0.2) is 0 Å². The van der Waals surface area contributed by atoms with Gasteiger partial charge in [-0.3, -0.25) is 0 Å². The predicted molar refractivity (Wildman–Crippen MR) is 88.6 cm³/mol. The van der Waals surface area contributed by atoms with Gasteiger partial charge in [0.25, 0.3) is 0 Å². The van der Waals surface area contributed by atoms with Crippen LogP contribution in [0.15, 0.2) is 18.2 Å². The molecule has 0 amide bonds. The van der Waals surface area contributed by atoms with Crippen LogP contribution in [0.4, 0.5) is 5.69 Å². The molecule has 0 aromatic heterocycles. The first-order valence-corrected chi connectivity index (χ1v) is 8.22. The maximum absolute atomic E-state index is 6.50. The summed E-state index contributed by atoms with van der Waals surface area (Å²) in [7, 11) is 0. The van der Waals surface area contributed by atoms with Gasteiger partial charge in [-0.2, -0.15) is 0 Å². The van der Waals surface area contributed by atoms with Gasteiger partial charge < -0.3 is 10.2 Å². The second kappa shape index (κ2) is 7.33. The van der Waals surface area contributed by atoms with Gasteiger partial charge in [0.2, 0.25) is 0 Å². The predicted octanol–water partition coefficient (Wildman–Crippen LogP) is 4.32. The largest absolute Gasteiger partial charge is 0.370 e. The normalized spacial score (nSPS) is 23.1. The van der Waals surface area contributed by atoms with Crippen molar-refractivity contribution < 1.29 is 0 Å². The molecule has 0 spiro atoms. The van der Waals surface area contributed by atoms with E-state index >= 15 is 0 Å². The summed E-state index contributed by atoms with van der Waals surface area (Å²) >= 11 is 6.50. The number of nitrogens with one attached hydrogen (secondary N) is 1. The Morgan fingerprint density at radius 1 is 1.25 bits per heavy atom. The Balaban J connectivity index is 2.05. The van der Waals surface area contributed by atoms with E-state index in [1.165, 1.54) is 17.7 Å². The molecular formula is C17H27ClN2. The molecule has 2 nitrogen and oxygen atoms in total. The summed E-state index contributed by atoms with van der Waals surface area (Å²) < 4.78 is 0. The van der Waals surface area contributed by atoms with Crippen LogP contribution in [0, 0.1) is 11.8 Å². The standard InChI is InChI=1S/C17H27ClN2/c1-4-7-19-10-15-5-6-17(16(18)9-15)20-11-13(2)8-14(3)12-20/h5-6,9,13-14,19H,4,7-8,10-12H2,1-3H3. The molecule has 1 N–H and O–H groups in total. The maximum Gasteiger partial charge on any atom is 0.0642 e. The van der Waals surface area contributed by atoms with E-state index in [-0.39, 0.29) is 0 Å². The monoisotopic (exact) mass is 294 g/mol. The van der Waals surface area contributed by atoms with Crippen molar-refractivity contribution in [2.24, 2.45) is 11.8 Å². The number of nitrogens with zero attached hydrogens (tertiary/aromatic N) is 1. The van der Waals surface area contributed by atoms with E-state index in [9.17, 15) is 0 Å². The molecule has 1 aliphatic heterocycles. The fourth-order valence-electron chi connectivity index (χ4n) is 3.19. The lowest BCUT2D eigenvalue weighted by molar-refractivity contribution is 0.357. The van der Waals surface area contributed by atoms with Crippen molar-refractivity contribution in [3.8, 4) is 0 Å². The molecule has 1 fully saturated rings. The molecule has 0 saturated carbocycles. The minimum atomic E-state index is 0.751. The third-order valence-corrected chi connectivity index (χ3v) is 4.28. The average Bonchev–Trinajstić information content (AvgIpc) is 2.38. The van der Waals surface area contributed by atoms with Gasteiger partial charge in [-0.1, -0.05) is 38.4 Å². The van der Waals surface area contributed by atoms with Crippen LogP contribution in [0.2, 0.25) is 5.02 Å². The van der Waals surface area contributed by atoms with Crippen molar-refractivity contribution in [3.05, 3.63) is 28.8 Å². The van der Waals surface area contributed by atoms with Gasteiger partial charge in [0.05, 0.1) is 10.7 Å². The Bertz CT molecular complexity index is 423. The van der Waals surface area contributed by atoms with Crippen molar-refractivity contribution in [2.45, 2.75) is 40.2 Å². The molecule has 1 aliphatic rings. The topological polar surface area (TPSA) is 15.3 Å². The van der Waals surface area contributed by atoms with Gasteiger partial charge in [0.1, 0.15) is 0 Å². The summed E-state index contributed by atoms with van der Waals surface area (Å²) in [6.45, 7) is 11.1. The highest BCUT2D eigenvalue weighted by Gasteiger charge is 2.23. The molecule has 1 aromatic rings. The second-order valence-corrected chi connectivity index (χ2v) is 6.72. The molecule has 3 heteroatoms. The Kier molecular flexibility index (Phi) is 5.74. The number of rotatable bonds is 5. The van der Waals surface area contributed by atoms with Crippen LogP contribution in [-0.2, 0) is 6.54 Å². The van der Waals surface area contributed by atoms with Gasteiger partial charge in [-0.05, 0) is 48.9 Å². The third kappa shape index (κ3) is 4.13. The Hall–Kier alpha value is -0.730. The van der Waals surface area contributed by atoms with E-state index in [1.807, 2.05) is 0 Å². The van der Waals surface area contributed by atoms with Gasteiger partial charge in [-0.15, -0.1) is 0 Å². The Morgan fingerprint density at radius 2 is 1.95 bits per heavy atom. The van der Waals surface area contributed by atoms with E-state index in [1.54, 1.807) is 0 Å². The molecular weight excluding hydrogens is 268 g/mol. The Labute approximate surface area is 128 Å². The highest BCUT2D eigenvalue weighted by atomic mass is 35.5. The second-order valence-electron chi connectivity index (χ2n) is 6.31. The number of halogens is 1. The summed E-state index contributed by atoms with van der Waals surface area (Å²) in [5, 5.41) is 4.31. The van der Waals surface area contributed by atoms with Crippen LogP contribution in [0.5, 0.6) is 0 Å². The van der Waals surface area contributed by atoms with E-state index in [2.05, 4.69) is 49.2 Å². The van der Waals surface area contributed by atoms with Crippen LogP contribution in [0.1, 0.15) is 39.2 Å². The number of piperidine rings is 1. The van der Waals surface area contributed by atoms with Crippen LogP contribution >= 0.6 is 11.6 Å². The molecule has 0 aliphatic carbocycles. The lowest BCUT2D eigenvalue weighted by atomic mass is 9.91. The Morgan fingerprint density at radius 3 is 2.55 bits per heavy atom. The fraction of sp³-hybridized carbons (Fsp3) is 0.647. The number of hydrogen-bond acceptors (Lipinski definition) is 2. The van der Waals surface area contributed by atoms with Crippen molar-refractivity contribution in [3.63, 3.8) is 0 Å². The molecule has 1 aromatic carbocycles. The molecule has 2 rings (SSSR count). The number of hydrogen-bond donors (Lipinski definition) is 1. The zero-order valence-electron chi connectivity index (χ0n) is 13.0. The zero-order valence-corrected chi connectivity index (χ0v) is 13.7. The van der Waals surface area contributed by atoms with Crippen molar-refractivity contribution in [1.82, 2.24) is 5.32 Å². The number of anilines is 1. The third-order valence-electron chi connectivity index (χ3n) is 3.98. The highest BCUT2D eigenvalue weighted by molar-refractivity contribution is 6.33. The molecule has 2 unspecified atom stereocenters. The van der Waals surface area contributed by atoms with E-state index in [4.69, 9.17) is 11.6 Å².